The van der Waals surface area contributed by atoms with Crippen molar-refractivity contribution in [3.05, 3.63) is 16.5 Å². The van der Waals surface area contributed by atoms with Crippen molar-refractivity contribution in [2.75, 3.05) is 7.05 Å². The number of rotatable bonds is 4. The summed E-state index contributed by atoms with van der Waals surface area (Å²) in [7, 11) is -1.96. The first-order chi connectivity index (χ1) is 8.46. The first kappa shape index (κ1) is 14.0. The Labute approximate surface area is 115 Å². The van der Waals surface area contributed by atoms with E-state index in [4.69, 9.17) is 9.52 Å². The van der Waals surface area contributed by atoms with Crippen LogP contribution < -0.4 is 0 Å². The molecule has 0 bridgehead atoms. The summed E-state index contributed by atoms with van der Waals surface area (Å²) >= 11 is 3.09. The van der Waals surface area contributed by atoms with Gasteiger partial charge in [-0.15, -0.1) is 0 Å². The predicted octanol–water partition coefficient (Wildman–Crippen LogP) is 2.10. The fraction of sp³-hybridized carbons (Fsp3) is 0.636. The van der Waals surface area contributed by atoms with Gasteiger partial charge in [0.25, 0.3) is 0 Å². The van der Waals surface area contributed by atoms with Crippen LogP contribution in [0.1, 0.15) is 31.4 Å². The summed E-state index contributed by atoms with van der Waals surface area (Å²) in [4.78, 5) is 0.0842. The molecule has 1 aromatic rings. The molecule has 1 fully saturated rings. The number of hydrogen-bond donors (Lipinski definition) is 1. The Bertz CT molecular complexity index is 519. The summed E-state index contributed by atoms with van der Waals surface area (Å²) in [5, 5.41) is 8.97. The molecule has 0 aliphatic heterocycles. The summed E-state index contributed by atoms with van der Waals surface area (Å²) in [6.45, 7) is -0.318. The highest BCUT2D eigenvalue weighted by molar-refractivity contribution is 9.10. The van der Waals surface area contributed by atoms with Gasteiger partial charge in [0.15, 0.2) is 4.67 Å². The number of furan rings is 1. The normalized spacial score (nSPS) is 17.8. The molecule has 2 rings (SSSR count). The Kier molecular flexibility index (Phi) is 4.15. The Balaban J connectivity index is 2.31. The van der Waals surface area contributed by atoms with Gasteiger partial charge in [-0.3, -0.25) is 0 Å². The molecule has 18 heavy (non-hydrogen) atoms. The maximum absolute atomic E-state index is 12.4. The van der Waals surface area contributed by atoms with E-state index in [2.05, 4.69) is 15.9 Å². The fourth-order valence-corrected chi connectivity index (χ4v) is 4.65. The van der Waals surface area contributed by atoms with Crippen LogP contribution in [0.25, 0.3) is 0 Å². The van der Waals surface area contributed by atoms with Gasteiger partial charge in [-0.2, -0.15) is 4.31 Å². The zero-order valence-electron chi connectivity index (χ0n) is 10.1. The third-order valence-electron chi connectivity index (χ3n) is 3.36. The van der Waals surface area contributed by atoms with E-state index in [1.807, 2.05) is 0 Å². The van der Waals surface area contributed by atoms with Crippen LogP contribution in [-0.2, 0) is 16.6 Å². The van der Waals surface area contributed by atoms with Crippen molar-refractivity contribution in [3.8, 4) is 0 Å². The Morgan fingerprint density at radius 2 is 2.11 bits per heavy atom. The minimum absolute atomic E-state index is 0.0642. The summed E-state index contributed by atoms with van der Waals surface area (Å²) in [6, 6.07) is 1.43. The number of nitrogens with zero attached hydrogens (tertiary/aromatic N) is 1. The fourth-order valence-electron chi connectivity index (χ4n) is 2.27. The Morgan fingerprint density at radius 1 is 1.50 bits per heavy atom. The van der Waals surface area contributed by atoms with E-state index >= 15 is 0 Å². The number of aliphatic hydroxyl groups excluding tert-OH is 1. The molecule has 1 N–H and O–H groups in total. The molecule has 0 saturated heterocycles. The lowest BCUT2D eigenvalue weighted by atomic mass is 10.3. The molecule has 102 valence electrons. The minimum Gasteiger partial charge on any atom is -0.450 e. The molecule has 0 amide bonds. The topological polar surface area (TPSA) is 70.8 Å². The van der Waals surface area contributed by atoms with Crippen LogP contribution in [0.5, 0.6) is 0 Å². The highest BCUT2D eigenvalue weighted by Crippen LogP contribution is 2.32. The summed E-state index contributed by atoms with van der Waals surface area (Å²) in [6.07, 6.45) is 3.94. The van der Waals surface area contributed by atoms with Gasteiger partial charge in [-0.1, -0.05) is 12.8 Å². The van der Waals surface area contributed by atoms with Gasteiger partial charge in [0, 0.05) is 19.2 Å². The second-order valence-corrected chi connectivity index (χ2v) is 7.15. The van der Waals surface area contributed by atoms with Gasteiger partial charge in [-0.25, -0.2) is 8.42 Å². The number of aliphatic hydroxyl groups is 1. The molecule has 0 unspecified atom stereocenters. The first-order valence-electron chi connectivity index (χ1n) is 5.84. The summed E-state index contributed by atoms with van der Waals surface area (Å²) in [5.74, 6) is 0.236. The molecule has 0 spiro atoms. The van der Waals surface area contributed by atoms with Crippen LogP contribution in [0.4, 0.5) is 0 Å². The summed E-state index contributed by atoms with van der Waals surface area (Å²) in [5.41, 5.74) is 0. The second kappa shape index (κ2) is 5.32. The van der Waals surface area contributed by atoms with Crippen LogP contribution in [0.2, 0.25) is 0 Å². The van der Waals surface area contributed by atoms with Crippen LogP contribution in [-0.4, -0.2) is 30.9 Å². The Hall–Kier alpha value is -0.370. The molecule has 0 radical (unpaired) electrons. The number of hydrogen-bond acceptors (Lipinski definition) is 4. The molecular formula is C11H16BrNO4S. The van der Waals surface area contributed by atoms with Crippen LogP contribution in [0.3, 0.4) is 0 Å². The predicted molar refractivity (Wildman–Crippen MR) is 69.5 cm³/mol. The lowest BCUT2D eigenvalue weighted by Crippen LogP contribution is -2.35. The quantitative estimate of drug-likeness (QED) is 0.913. The van der Waals surface area contributed by atoms with Crippen molar-refractivity contribution in [3.63, 3.8) is 0 Å². The van der Waals surface area contributed by atoms with Crippen LogP contribution in [0, 0.1) is 0 Å². The lowest BCUT2D eigenvalue weighted by Gasteiger charge is -2.22. The molecule has 5 nitrogen and oxygen atoms in total. The van der Waals surface area contributed by atoms with E-state index in [9.17, 15) is 8.42 Å². The molecule has 1 aliphatic carbocycles. The average molecular weight is 338 g/mol. The third kappa shape index (κ3) is 2.49. The molecule has 7 heteroatoms. The highest BCUT2D eigenvalue weighted by Gasteiger charge is 2.33. The van der Waals surface area contributed by atoms with Gasteiger partial charge >= 0.3 is 0 Å². The van der Waals surface area contributed by atoms with E-state index in [1.165, 1.54) is 10.4 Å². The average Bonchev–Trinajstić information content (AvgIpc) is 2.96. The maximum Gasteiger partial charge on any atom is 0.247 e. The van der Waals surface area contributed by atoms with E-state index in [0.717, 1.165) is 25.7 Å². The van der Waals surface area contributed by atoms with Gasteiger partial charge in [0.05, 0.1) is 0 Å². The van der Waals surface area contributed by atoms with Gasteiger partial charge in [-0.05, 0) is 28.8 Å². The zero-order chi connectivity index (χ0) is 13.3. The van der Waals surface area contributed by atoms with Crippen molar-refractivity contribution >= 4 is 26.0 Å². The van der Waals surface area contributed by atoms with E-state index in [0.29, 0.717) is 0 Å². The van der Waals surface area contributed by atoms with Crippen molar-refractivity contribution < 1.29 is 17.9 Å². The highest BCUT2D eigenvalue weighted by atomic mass is 79.9. The lowest BCUT2D eigenvalue weighted by molar-refractivity contribution is 0.245. The van der Waals surface area contributed by atoms with Crippen molar-refractivity contribution in [2.24, 2.45) is 0 Å². The standard InChI is InChI=1S/C11H16BrNO4S/c1-13(8-4-2-3-5-8)18(15,16)10-6-9(7-14)17-11(10)12/h6,8,14H,2-5,7H2,1H3. The maximum atomic E-state index is 12.4. The third-order valence-corrected chi connectivity index (χ3v) is 6.13. The zero-order valence-corrected chi connectivity index (χ0v) is 12.5. The van der Waals surface area contributed by atoms with Crippen molar-refractivity contribution in [1.82, 2.24) is 4.31 Å². The second-order valence-electron chi connectivity index (χ2n) is 4.47. The minimum atomic E-state index is -3.56. The molecule has 1 aromatic heterocycles. The first-order valence-corrected chi connectivity index (χ1v) is 8.07. The van der Waals surface area contributed by atoms with Crippen molar-refractivity contribution in [1.29, 1.82) is 0 Å². The van der Waals surface area contributed by atoms with Gasteiger partial charge in [0.1, 0.15) is 17.3 Å². The molecule has 1 aliphatic rings. The monoisotopic (exact) mass is 337 g/mol. The van der Waals surface area contributed by atoms with Crippen LogP contribution >= 0.6 is 15.9 Å². The molecule has 1 saturated carbocycles. The molecular weight excluding hydrogens is 322 g/mol. The SMILES string of the molecule is CN(C1CCCC1)S(=O)(=O)c1cc(CO)oc1Br. The Morgan fingerprint density at radius 3 is 2.61 bits per heavy atom. The summed E-state index contributed by atoms with van der Waals surface area (Å²) < 4.78 is 31.5. The largest absolute Gasteiger partial charge is 0.450 e. The van der Waals surface area contributed by atoms with Gasteiger partial charge < -0.3 is 9.52 Å². The van der Waals surface area contributed by atoms with Crippen LogP contribution in [0.15, 0.2) is 20.0 Å². The number of halogens is 1. The molecule has 0 aromatic carbocycles. The van der Waals surface area contributed by atoms with Crippen molar-refractivity contribution in [2.45, 2.75) is 43.2 Å². The molecule has 1 heterocycles. The number of sulfonamides is 1. The van der Waals surface area contributed by atoms with E-state index in [1.54, 1.807) is 7.05 Å². The van der Waals surface area contributed by atoms with E-state index in [-0.39, 0.29) is 28.0 Å². The molecule has 0 atom stereocenters. The van der Waals surface area contributed by atoms with E-state index < -0.39 is 10.0 Å². The smallest absolute Gasteiger partial charge is 0.247 e. The van der Waals surface area contributed by atoms with Gasteiger partial charge in [0.2, 0.25) is 10.0 Å².